The molecule has 0 aromatic heterocycles. The second-order valence-electron chi connectivity index (χ2n) is 5.78. The minimum absolute atomic E-state index is 0.369. The number of nitrogens with two attached hydrogens (primary N) is 1. The number of aryl methyl sites for hydroxylation is 1. The van der Waals surface area contributed by atoms with Crippen LogP contribution >= 0.6 is 0 Å². The Kier molecular flexibility index (Phi) is 7.86. The average molecular weight is 276 g/mol. The highest BCUT2D eigenvalue weighted by molar-refractivity contribution is 5.35. The first kappa shape index (κ1) is 17.2. The summed E-state index contributed by atoms with van der Waals surface area (Å²) in [5.74, 6) is 0. The van der Waals surface area contributed by atoms with Crippen molar-refractivity contribution in [3.8, 4) is 0 Å². The van der Waals surface area contributed by atoms with E-state index in [1.165, 1.54) is 42.4 Å². The van der Waals surface area contributed by atoms with E-state index in [1.54, 1.807) is 0 Å². The lowest BCUT2D eigenvalue weighted by atomic mass is 9.96. The van der Waals surface area contributed by atoms with Crippen molar-refractivity contribution >= 4 is 0 Å². The van der Waals surface area contributed by atoms with Crippen LogP contribution in [-0.4, -0.2) is 24.5 Å². The van der Waals surface area contributed by atoms with Crippen molar-refractivity contribution in [2.45, 2.75) is 59.4 Å². The lowest BCUT2D eigenvalue weighted by Gasteiger charge is -2.32. The Morgan fingerprint density at radius 2 is 1.65 bits per heavy atom. The molecular weight excluding hydrogens is 244 g/mol. The van der Waals surface area contributed by atoms with Gasteiger partial charge < -0.3 is 5.73 Å². The van der Waals surface area contributed by atoms with Gasteiger partial charge >= 0.3 is 0 Å². The lowest BCUT2D eigenvalue weighted by Crippen LogP contribution is -2.35. The lowest BCUT2D eigenvalue weighted by molar-refractivity contribution is 0.195. The first-order valence-electron chi connectivity index (χ1n) is 8.15. The maximum absolute atomic E-state index is 6.13. The molecule has 1 unspecified atom stereocenters. The van der Waals surface area contributed by atoms with Gasteiger partial charge in [-0.15, -0.1) is 0 Å². The third-order valence-corrected chi connectivity index (χ3v) is 4.27. The van der Waals surface area contributed by atoms with Crippen LogP contribution in [-0.2, 0) is 0 Å². The number of nitrogens with zero attached hydrogens (tertiary/aromatic N) is 1. The highest BCUT2D eigenvalue weighted by Crippen LogP contribution is 2.25. The van der Waals surface area contributed by atoms with Gasteiger partial charge in [0.15, 0.2) is 0 Å². The van der Waals surface area contributed by atoms with E-state index in [0.717, 1.165) is 13.1 Å². The highest BCUT2D eigenvalue weighted by Gasteiger charge is 2.20. The van der Waals surface area contributed by atoms with Crippen LogP contribution in [0.3, 0.4) is 0 Å². The first-order valence-corrected chi connectivity index (χ1v) is 8.15. The summed E-state index contributed by atoms with van der Waals surface area (Å²) in [6, 6.07) is 6.98. The third kappa shape index (κ3) is 4.60. The van der Waals surface area contributed by atoms with Crippen LogP contribution in [0.2, 0.25) is 0 Å². The topological polar surface area (TPSA) is 29.3 Å². The zero-order valence-electron chi connectivity index (χ0n) is 13.8. The van der Waals surface area contributed by atoms with Gasteiger partial charge in [0.2, 0.25) is 0 Å². The van der Waals surface area contributed by atoms with Gasteiger partial charge in [-0.3, -0.25) is 4.90 Å². The molecule has 2 heteroatoms. The maximum Gasteiger partial charge on any atom is 0.0473 e. The summed E-state index contributed by atoms with van der Waals surface area (Å²) >= 11 is 0. The molecule has 20 heavy (non-hydrogen) atoms. The molecule has 0 bridgehead atoms. The van der Waals surface area contributed by atoms with Crippen LogP contribution < -0.4 is 5.73 Å². The summed E-state index contributed by atoms with van der Waals surface area (Å²) in [6.45, 7) is 12.0. The van der Waals surface area contributed by atoms with E-state index in [9.17, 15) is 0 Å². The standard InChI is InChI=1S/C18H32N2/c1-5-7-12-20(13-8-6-2)18(14-19)17-11-9-10-15(3)16(17)4/h9-11,18H,5-8,12-14,19H2,1-4H3. The van der Waals surface area contributed by atoms with Gasteiger partial charge in [-0.25, -0.2) is 0 Å². The van der Waals surface area contributed by atoms with Crippen molar-refractivity contribution in [3.63, 3.8) is 0 Å². The molecule has 1 atom stereocenters. The molecule has 2 N–H and O–H groups in total. The fourth-order valence-electron chi connectivity index (χ4n) is 2.75. The molecule has 0 amide bonds. The highest BCUT2D eigenvalue weighted by atomic mass is 15.2. The minimum atomic E-state index is 0.369. The summed E-state index contributed by atoms with van der Waals surface area (Å²) in [4.78, 5) is 2.59. The Balaban J connectivity index is 2.95. The molecular formula is C18H32N2. The van der Waals surface area contributed by atoms with Gasteiger partial charge in [0.05, 0.1) is 0 Å². The van der Waals surface area contributed by atoms with Crippen molar-refractivity contribution in [2.75, 3.05) is 19.6 Å². The van der Waals surface area contributed by atoms with Gasteiger partial charge in [-0.2, -0.15) is 0 Å². The monoisotopic (exact) mass is 276 g/mol. The second kappa shape index (κ2) is 9.15. The van der Waals surface area contributed by atoms with E-state index in [2.05, 4.69) is 50.8 Å². The minimum Gasteiger partial charge on any atom is -0.329 e. The Morgan fingerprint density at radius 1 is 1.05 bits per heavy atom. The van der Waals surface area contributed by atoms with E-state index in [0.29, 0.717) is 12.6 Å². The predicted octanol–water partition coefficient (Wildman–Crippen LogP) is 4.21. The van der Waals surface area contributed by atoms with Gasteiger partial charge in [-0.05, 0) is 56.5 Å². The number of hydrogen-bond donors (Lipinski definition) is 1. The largest absolute Gasteiger partial charge is 0.329 e. The molecule has 0 aliphatic heterocycles. The van der Waals surface area contributed by atoms with Crippen molar-refractivity contribution in [3.05, 3.63) is 34.9 Å². The number of hydrogen-bond acceptors (Lipinski definition) is 2. The molecule has 1 rings (SSSR count). The van der Waals surface area contributed by atoms with Crippen LogP contribution in [0.4, 0.5) is 0 Å². The average Bonchev–Trinajstić information content (AvgIpc) is 2.46. The maximum atomic E-state index is 6.13. The predicted molar refractivity (Wildman–Crippen MR) is 89.1 cm³/mol. The third-order valence-electron chi connectivity index (χ3n) is 4.27. The molecule has 0 fully saturated rings. The van der Waals surface area contributed by atoms with Gasteiger partial charge in [0.25, 0.3) is 0 Å². The zero-order chi connectivity index (χ0) is 15.0. The normalized spacial score (nSPS) is 12.9. The molecule has 0 aliphatic carbocycles. The van der Waals surface area contributed by atoms with E-state index in [-0.39, 0.29) is 0 Å². The molecule has 0 aliphatic rings. The van der Waals surface area contributed by atoms with Crippen molar-refractivity contribution in [1.29, 1.82) is 0 Å². The van der Waals surface area contributed by atoms with Gasteiger partial charge in [-0.1, -0.05) is 44.9 Å². The Morgan fingerprint density at radius 3 is 2.15 bits per heavy atom. The smallest absolute Gasteiger partial charge is 0.0473 e. The Hall–Kier alpha value is -0.860. The Bertz CT molecular complexity index is 379. The zero-order valence-corrected chi connectivity index (χ0v) is 13.8. The summed E-state index contributed by atoms with van der Waals surface area (Å²) in [5.41, 5.74) is 10.3. The van der Waals surface area contributed by atoms with Gasteiger partial charge in [0, 0.05) is 12.6 Å². The van der Waals surface area contributed by atoms with Crippen molar-refractivity contribution in [2.24, 2.45) is 5.73 Å². The molecule has 1 aromatic rings. The van der Waals surface area contributed by atoms with E-state index in [4.69, 9.17) is 5.73 Å². The van der Waals surface area contributed by atoms with Gasteiger partial charge in [0.1, 0.15) is 0 Å². The molecule has 0 saturated heterocycles. The molecule has 2 nitrogen and oxygen atoms in total. The van der Waals surface area contributed by atoms with E-state index < -0.39 is 0 Å². The van der Waals surface area contributed by atoms with Crippen molar-refractivity contribution in [1.82, 2.24) is 4.90 Å². The fraction of sp³-hybridized carbons (Fsp3) is 0.667. The fourth-order valence-corrected chi connectivity index (χ4v) is 2.75. The van der Waals surface area contributed by atoms with E-state index >= 15 is 0 Å². The van der Waals surface area contributed by atoms with Crippen LogP contribution in [0.15, 0.2) is 18.2 Å². The summed E-state index contributed by atoms with van der Waals surface area (Å²) in [5, 5.41) is 0. The molecule has 0 spiro atoms. The molecule has 0 radical (unpaired) electrons. The van der Waals surface area contributed by atoms with Crippen LogP contribution in [0, 0.1) is 13.8 Å². The summed E-state index contributed by atoms with van der Waals surface area (Å²) in [7, 11) is 0. The van der Waals surface area contributed by atoms with Crippen molar-refractivity contribution < 1.29 is 0 Å². The molecule has 1 aromatic carbocycles. The number of benzene rings is 1. The van der Waals surface area contributed by atoms with E-state index in [1.807, 2.05) is 0 Å². The summed E-state index contributed by atoms with van der Waals surface area (Å²) in [6.07, 6.45) is 5.00. The SMILES string of the molecule is CCCCN(CCCC)C(CN)c1cccc(C)c1C. The van der Waals surface area contributed by atoms with Crippen LogP contribution in [0.1, 0.15) is 62.3 Å². The first-order chi connectivity index (χ1) is 9.65. The Labute approximate surface area is 125 Å². The summed E-state index contributed by atoms with van der Waals surface area (Å²) < 4.78 is 0. The molecule has 0 heterocycles. The molecule has 0 saturated carbocycles. The number of unbranched alkanes of at least 4 members (excludes halogenated alkanes) is 2. The second-order valence-corrected chi connectivity index (χ2v) is 5.78. The van der Waals surface area contributed by atoms with Crippen LogP contribution in [0.5, 0.6) is 0 Å². The number of rotatable bonds is 9. The van der Waals surface area contributed by atoms with Crippen LogP contribution in [0.25, 0.3) is 0 Å². The molecule has 114 valence electrons. The quantitative estimate of drug-likeness (QED) is 0.732.